The van der Waals surface area contributed by atoms with Crippen molar-refractivity contribution in [2.24, 2.45) is 5.18 Å². The summed E-state index contributed by atoms with van der Waals surface area (Å²) in [6.07, 6.45) is 3.69. The van der Waals surface area contributed by atoms with Gasteiger partial charge in [-0.25, -0.2) is 0 Å². The zero-order chi connectivity index (χ0) is 21.8. The first kappa shape index (κ1) is 20.0. The van der Waals surface area contributed by atoms with Gasteiger partial charge in [-0.05, 0) is 71.0 Å². The van der Waals surface area contributed by atoms with Crippen molar-refractivity contribution in [2.45, 2.75) is 31.0 Å². The molecule has 1 saturated heterocycles. The highest BCUT2D eigenvalue weighted by atomic mass is 16.5. The summed E-state index contributed by atoms with van der Waals surface area (Å²) >= 11 is 0. The second-order valence-electron chi connectivity index (χ2n) is 8.37. The molecular formula is C24H26N2O5. The summed E-state index contributed by atoms with van der Waals surface area (Å²) in [5, 5.41) is 14.4. The zero-order valence-electron chi connectivity index (χ0n) is 18.0. The molecule has 1 fully saturated rings. The molecule has 7 heteroatoms. The van der Waals surface area contributed by atoms with Crippen molar-refractivity contribution in [1.82, 2.24) is 4.90 Å². The molecule has 0 aromatic heterocycles. The number of aliphatic hydroxyl groups is 1. The van der Waals surface area contributed by atoms with Gasteiger partial charge in [0, 0.05) is 24.6 Å². The predicted octanol–water partition coefficient (Wildman–Crippen LogP) is 3.92. The molecule has 0 spiro atoms. The summed E-state index contributed by atoms with van der Waals surface area (Å²) in [5.41, 5.74) is 5.05. The van der Waals surface area contributed by atoms with Crippen molar-refractivity contribution >= 4 is 5.57 Å². The van der Waals surface area contributed by atoms with E-state index in [4.69, 9.17) is 14.2 Å². The predicted molar refractivity (Wildman–Crippen MR) is 118 cm³/mol. The van der Waals surface area contributed by atoms with Crippen molar-refractivity contribution in [3.8, 4) is 28.4 Å². The lowest BCUT2D eigenvalue weighted by Gasteiger charge is -2.43. The van der Waals surface area contributed by atoms with Crippen molar-refractivity contribution in [3.05, 3.63) is 51.9 Å². The summed E-state index contributed by atoms with van der Waals surface area (Å²) in [6, 6.07) is 8.00. The molecule has 0 radical (unpaired) electrons. The standard InChI is InChI=1S/C24H26N2O5/c1-29-21-8-16-15(7-14(21)12-25-28)19-11-24(27)5-4-6-26(24)13-20(19)18-10-23(31-3)22(30-2)9-17(16)18/h7-11,20,27H,4-6,12-13H2,1-3H3/t20-,24+/m1/s1. The van der Waals surface area contributed by atoms with E-state index >= 15 is 0 Å². The first-order chi connectivity index (χ1) is 15.0. The Hall–Kier alpha value is -2.90. The molecule has 162 valence electrons. The van der Waals surface area contributed by atoms with E-state index in [1.54, 1.807) is 21.3 Å². The molecule has 2 aliphatic heterocycles. The van der Waals surface area contributed by atoms with Gasteiger partial charge in [-0.1, -0.05) is 5.18 Å². The molecule has 0 bridgehead atoms. The number of methoxy groups -OCH3 is 3. The molecule has 0 amide bonds. The number of hydrogen-bond acceptors (Lipinski definition) is 7. The minimum Gasteiger partial charge on any atom is -0.496 e. The number of ether oxygens (including phenoxy) is 3. The highest BCUT2D eigenvalue weighted by Gasteiger charge is 2.45. The molecular weight excluding hydrogens is 396 g/mol. The van der Waals surface area contributed by atoms with Gasteiger partial charge in [-0.2, -0.15) is 4.91 Å². The van der Waals surface area contributed by atoms with Crippen LogP contribution in [0.4, 0.5) is 0 Å². The van der Waals surface area contributed by atoms with E-state index in [2.05, 4.69) is 10.1 Å². The lowest BCUT2D eigenvalue weighted by molar-refractivity contribution is -0.0429. The molecule has 1 N–H and O–H groups in total. The van der Waals surface area contributed by atoms with Crippen molar-refractivity contribution < 1.29 is 19.3 Å². The molecule has 2 heterocycles. The molecule has 31 heavy (non-hydrogen) atoms. The van der Waals surface area contributed by atoms with Crippen LogP contribution in [0.3, 0.4) is 0 Å². The first-order valence-electron chi connectivity index (χ1n) is 10.5. The molecule has 1 aliphatic carbocycles. The summed E-state index contributed by atoms with van der Waals surface area (Å²) in [4.78, 5) is 13.2. The second-order valence-corrected chi connectivity index (χ2v) is 8.37. The number of nitroso groups, excluding NO2 is 1. The van der Waals surface area contributed by atoms with E-state index in [9.17, 15) is 10.0 Å². The normalized spacial score (nSPS) is 23.7. The number of nitrogens with zero attached hydrogens (tertiary/aromatic N) is 2. The van der Waals surface area contributed by atoms with Crippen molar-refractivity contribution in [1.29, 1.82) is 0 Å². The lowest BCUT2D eigenvalue weighted by Crippen LogP contribution is -2.48. The number of rotatable bonds is 5. The van der Waals surface area contributed by atoms with Gasteiger partial charge in [-0.15, -0.1) is 0 Å². The van der Waals surface area contributed by atoms with Gasteiger partial charge in [0.2, 0.25) is 0 Å². The molecule has 2 atom stereocenters. The quantitative estimate of drug-likeness (QED) is 0.736. The Bertz CT molecular complexity index is 1100. The minimum absolute atomic E-state index is 0.0313. The third-order valence-electron chi connectivity index (χ3n) is 6.87. The Labute approximate surface area is 181 Å². The largest absolute Gasteiger partial charge is 0.496 e. The lowest BCUT2D eigenvalue weighted by atomic mass is 9.71. The van der Waals surface area contributed by atoms with Gasteiger partial charge in [-0.3, -0.25) is 4.90 Å². The summed E-state index contributed by atoms with van der Waals surface area (Å²) in [7, 11) is 4.86. The number of hydrogen-bond donors (Lipinski definition) is 1. The maximum Gasteiger partial charge on any atom is 0.161 e. The number of fused-ring (bicyclic) bond motifs is 7. The number of benzene rings is 2. The van der Waals surface area contributed by atoms with Crippen LogP contribution in [0.5, 0.6) is 17.2 Å². The van der Waals surface area contributed by atoms with Gasteiger partial charge in [0.25, 0.3) is 0 Å². The Morgan fingerprint density at radius 1 is 1.03 bits per heavy atom. The third-order valence-corrected chi connectivity index (χ3v) is 6.87. The second kappa shape index (κ2) is 7.35. The Kier molecular flexibility index (Phi) is 4.75. The van der Waals surface area contributed by atoms with Gasteiger partial charge in [0.1, 0.15) is 18.0 Å². The van der Waals surface area contributed by atoms with E-state index in [0.29, 0.717) is 17.2 Å². The van der Waals surface area contributed by atoms with Crippen LogP contribution in [0.2, 0.25) is 0 Å². The summed E-state index contributed by atoms with van der Waals surface area (Å²) in [6.45, 7) is 1.62. The van der Waals surface area contributed by atoms with Crippen LogP contribution in [0.15, 0.2) is 35.5 Å². The van der Waals surface area contributed by atoms with Crippen LogP contribution >= 0.6 is 0 Å². The molecule has 2 aromatic carbocycles. The van der Waals surface area contributed by atoms with Crippen LogP contribution in [0, 0.1) is 4.91 Å². The smallest absolute Gasteiger partial charge is 0.161 e. The molecule has 5 rings (SSSR count). The Morgan fingerprint density at radius 3 is 2.45 bits per heavy atom. The van der Waals surface area contributed by atoms with Gasteiger partial charge in [0.05, 0.1) is 21.3 Å². The molecule has 0 unspecified atom stereocenters. The zero-order valence-corrected chi connectivity index (χ0v) is 18.0. The van der Waals surface area contributed by atoms with E-state index in [1.807, 2.05) is 30.3 Å². The molecule has 7 nitrogen and oxygen atoms in total. The summed E-state index contributed by atoms with van der Waals surface area (Å²) < 4.78 is 16.7. The summed E-state index contributed by atoms with van der Waals surface area (Å²) in [5.74, 6) is 2.03. The fourth-order valence-electron chi connectivity index (χ4n) is 5.38. The fourth-order valence-corrected chi connectivity index (χ4v) is 5.38. The van der Waals surface area contributed by atoms with E-state index in [-0.39, 0.29) is 12.5 Å². The highest BCUT2D eigenvalue weighted by molar-refractivity contribution is 5.93. The van der Waals surface area contributed by atoms with Crippen LogP contribution in [-0.2, 0) is 6.54 Å². The Balaban J connectivity index is 1.81. The first-order valence-corrected chi connectivity index (χ1v) is 10.5. The van der Waals surface area contributed by atoms with E-state index < -0.39 is 5.72 Å². The maximum absolute atomic E-state index is 11.3. The SMILES string of the molecule is COc1cc2c(cc1CN=O)C1=C[C@@]3(O)CCCN3C[C@@H]1c1cc(OC)c(OC)cc1-2. The maximum atomic E-state index is 11.3. The average Bonchev–Trinajstić information content (AvgIpc) is 3.17. The van der Waals surface area contributed by atoms with E-state index in [0.717, 1.165) is 59.3 Å². The molecule has 0 saturated carbocycles. The highest BCUT2D eigenvalue weighted by Crippen LogP contribution is 2.54. The Morgan fingerprint density at radius 2 is 1.74 bits per heavy atom. The van der Waals surface area contributed by atoms with Gasteiger partial charge in [0.15, 0.2) is 11.5 Å². The minimum atomic E-state index is -0.930. The molecule has 2 aromatic rings. The average molecular weight is 422 g/mol. The third kappa shape index (κ3) is 2.95. The van der Waals surface area contributed by atoms with Crippen LogP contribution in [0.1, 0.15) is 35.4 Å². The van der Waals surface area contributed by atoms with E-state index in [1.165, 1.54) is 0 Å². The van der Waals surface area contributed by atoms with Crippen molar-refractivity contribution in [3.63, 3.8) is 0 Å². The van der Waals surface area contributed by atoms with Gasteiger partial charge >= 0.3 is 0 Å². The van der Waals surface area contributed by atoms with Crippen LogP contribution in [-0.4, -0.2) is 50.2 Å². The van der Waals surface area contributed by atoms with Crippen LogP contribution in [0.25, 0.3) is 16.7 Å². The molecule has 3 aliphatic rings. The van der Waals surface area contributed by atoms with Gasteiger partial charge < -0.3 is 19.3 Å². The monoisotopic (exact) mass is 422 g/mol. The topological polar surface area (TPSA) is 80.6 Å². The fraction of sp³-hybridized carbons (Fsp3) is 0.417. The van der Waals surface area contributed by atoms with Crippen LogP contribution < -0.4 is 14.2 Å². The van der Waals surface area contributed by atoms with Crippen molar-refractivity contribution in [2.75, 3.05) is 34.4 Å².